The normalized spacial score (nSPS) is 13.0. The van der Waals surface area contributed by atoms with E-state index < -0.39 is 0 Å². The highest BCUT2D eigenvalue weighted by Gasteiger charge is 2.24. The number of nitrogen functional groups attached to an aromatic ring is 1. The Balaban J connectivity index is 1.55. The van der Waals surface area contributed by atoms with Crippen molar-refractivity contribution in [1.82, 2.24) is 15.0 Å². The zero-order valence-corrected chi connectivity index (χ0v) is 15.5. The van der Waals surface area contributed by atoms with Crippen molar-refractivity contribution in [3.05, 3.63) is 72.2 Å². The highest BCUT2D eigenvalue weighted by Crippen LogP contribution is 2.39. The lowest BCUT2D eigenvalue weighted by atomic mass is 10.2. The van der Waals surface area contributed by atoms with E-state index in [1.807, 2.05) is 43.3 Å². The maximum Gasteiger partial charge on any atom is 0.248 e. The molecule has 6 nitrogen and oxygen atoms in total. The Hall–Kier alpha value is -3.67. The van der Waals surface area contributed by atoms with E-state index in [0.29, 0.717) is 23.1 Å². The van der Waals surface area contributed by atoms with Crippen molar-refractivity contribution in [2.24, 2.45) is 0 Å². The van der Waals surface area contributed by atoms with Gasteiger partial charge in [0.1, 0.15) is 17.5 Å². The van der Waals surface area contributed by atoms with Crippen LogP contribution in [0, 0.1) is 6.92 Å². The monoisotopic (exact) mass is 369 g/mol. The molecule has 4 aromatic rings. The molecule has 0 unspecified atom stereocenters. The number of anilines is 3. The van der Waals surface area contributed by atoms with Gasteiger partial charge in [0, 0.05) is 23.3 Å². The molecule has 0 bridgehead atoms. The molecule has 28 heavy (non-hydrogen) atoms. The number of para-hydroxylation sites is 2. The molecule has 0 amide bonds. The van der Waals surface area contributed by atoms with E-state index in [0.717, 1.165) is 35.2 Å². The van der Waals surface area contributed by atoms with Crippen molar-refractivity contribution < 1.29 is 4.74 Å². The number of aromatic nitrogens is 3. The van der Waals surface area contributed by atoms with Crippen LogP contribution in [0.15, 0.2) is 60.9 Å². The predicted molar refractivity (Wildman–Crippen MR) is 110 cm³/mol. The van der Waals surface area contributed by atoms with E-state index in [1.165, 1.54) is 11.9 Å². The van der Waals surface area contributed by atoms with Crippen LogP contribution in [0.5, 0.6) is 11.6 Å². The van der Waals surface area contributed by atoms with Gasteiger partial charge >= 0.3 is 0 Å². The summed E-state index contributed by atoms with van der Waals surface area (Å²) in [5, 5.41) is 1.00. The van der Waals surface area contributed by atoms with Crippen molar-refractivity contribution in [1.29, 1.82) is 0 Å². The summed E-state index contributed by atoms with van der Waals surface area (Å²) in [6, 6.07) is 18.1. The van der Waals surface area contributed by atoms with Crippen molar-refractivity contribution in [3.63, 3.8) is 0 Å². The third kappa shape index (κ3) is 2.70. The third-order valence-electron chi connectivity index (χ3n) is 5.00. The molecule has 1 aliphatic rings. The van der Waals surface area contributed by atoms with Gasteiger partial charge in [0.15, 0.2) is 11.6 Å². The molecule has 0 fully saturated rings. The average molecular weight is 369 g/mol. The van der Waals surface area contributed by atoms with Gasteiger partial charge in [-0.3, -0.25) is 0 Å². The lowest BCUT2D eigenvalue weighted by Crippen LogP contribution is -2.17. The van der Waals surface area contributed by atoms with Crippen molar-refractivity contribution in [2.75, 3.05) is 17.2 Å². The van der Waals surface area contributed by atoms with Gasteiger partial charge in [-0.05, 0) is 37.1 Å². The van der Waals surface area contributed by atoms with Gasteiger partial charge in [-0.1, -0.05) is 36.4 Å². The minimum atomic E-state index is 0.338. The van der Waals surface area contributed by atoms with Gasteiger partial charge in [0.05, 0.1) is 0 Å². The minimum absolute atomic E-state index is 0.338. The zero-order valence-electron chi connectivity index (χ0n) is 15.5. The van der Waals surface area contributed by atoms with Crippen LogP contribution in [-0.4, -0.2) is 21.5 Å². The first kappa shape index (κ1) is 16.5. The smallest absolute Gasteiger partial charge is 0.248 e. The van der Waals surface area contributed by atoms with Crippen LogP contribution in [0.1, 0.15) is 11.3 Å². The van der Waals surface area contributed by atoms with Crippen LogP contribution in [0.3, 0.4) is 0 Å². The number of hydrogen-bond acceptors (Lipinski definition) is 6. The molecule has 138 valence electrons. The largest absolute Gasteiger partial charge is 0.435 e. The Bertz CT molecular complexity index is 1190. The second kappa shape index (κ2) is 6.49. The van der Waals surface area contributed by atoms with Gasteiger partial charge < -0.3 is 15.4 Å². The van der Waals surface area contributed by atoms with Gasteiger partial charge in [-0.15, -0.1) is 0 Å². The second-order valence-electron chi connectivity index (χ2n) is 6.83. The third-order valence-corrected chi connectivity index (χ3v) is 5.00. The van der Waals surface area contributed by atoms with Crippen LogP contribution in [0.25, 0.3) is 10.9 Å². The Morgan fingerprint density at radius 3 is 2.82 bits per heavy atom. The van der Waals surface area contributed by atoms with Gasteiger partial charge in [0.2, 0.25) is 5.88 Å². The lowest BCUT2D eigenvalue weighted by Gasteiger charge is -2.20. The van der Waals surface area contributed by atoms with E-state index >= 15 is 0 Å². The Labute approximate surface area is 162 Å². The average Bonchev–Trinajstić information content (AvgIpc) is 3.14. The topological polar surface area (TPSA) is 77.2 Å². The molecule has 3 heterocycles. The molecule has 0 saturated carbocycles. The number of nitrogens with two attached hydrogens (primary N) is 1. The first-order valence-electron chi connectivity index (χ1n) is 9.21. The first-order chi connectivity index (χ1) is 13.7. The maximum atomic E-state index is 6.43. The molecule has 0 spiro atoms. The summed E-state index contributed by atoms with van der Waals surface area (Å²) in [6.07, 6.45) is 2.45. The molecule has 2 N–H and O–H groups in total. The minimum Gasteiger partial charge on any atom is -0.435 e. The van der Waals surface area contributed by atoms with E-state index in [-0.39, 0.29) is 0 Å². The summed E-state index contributed by atoms with van der Waals surface area (Å²) in [5.74, 6) is 1.63. The highest BCUT2D eigenvalue weighted by atomic mass is 16.5. The number of pyridine rings is 1. The quantitative estimate of drug-likeness (QED) is 0.577. The van der Waals surface area contributed by atoms with Gasteiger partial charge in [0.25, 0.3) is 0 Å². The second-order valence-corrected chi connectivity index (χ2v) is 6.83. The number of ether oxygens (including phenoxy) is 1. The first-order valence-corrected chi connectivity index (χ1v) is 9.21. The van der Waals surface area contributed by atoms with Crippen molar-refractivity contribution in [2.45, 2.75) is 13.3 Å². The molecule has 0 saturated heterocycles. The van der Waals surface area contributed by atoms with Gasteiger partial charge in [-0.2, -0.15) is 4.98 Å². The fourth-order valence-electron chi connectivity index (χ4n) is 3.63. The molecular weight excluding hydrogens is 350 g/mol. The van der Waals surface area contributed by atoms with Crippen molar-refractivity contribution in [3.8, 4) is 11.6 Å². The Morgan fingerprint density at radius 2 is 1.89 bits per heavy atom. The molecule has 1 aliphatic heterocycles. The van der Waals surface area contributed by atoms with Crippen LogP contribution in [-0.2, 0) is 6.42 Å². The number of fused-ring (bicyclic) bond motifs is 2. The summed E-state index contributed by atoms with van der Waals surface area (Å²) in [5.41, 5.74) is 11.0. The standard InChI is InChI=1S/C22H19N5O/c1-14-9-10-16-6-4-8-18(20(16)26-14)28-22-19(23)21(24-13-25-22)27-12-11-15-5-2-3-7-17(15)27/h2-10,13H,11-12,23H2,1H3. The van der Waals surface area contributed by atoms with E-state index in [1.54, 1.807) is 0 Å². The van der Waals surface area contributed by atoms with E-state index in [9.17, 15) is 0 Å². The fraction of sp³-hybridized carbons (Fsp3) is 0.136. The number of aryl methyl sites for hydroxylation is 1. The molecule has 2 aromatic heterocycles. The van der Waals surface area contributed by atoms with E-state index in [4.69, 9.17) is 10.5 Å². The summed E-state index contributed by atoms with van der Waals surface area (Å²) < 4.78 is 6.10. The summed E-state index contributed by atoms with van der Waals surface area (Å²) in [7, 11) is 0. The maximum absolute atomic E-state index is 6.43. The molecule has 5 rings (SSSR count). The fourth-order valence-corrected chi connectivity index (χ4v) is 3.63. The van der Waals surface area contributed by atoms with Crippen LogP contribution >= 0.6 is 0 Å². The van der Waals surface area contributed by atoms with Crippen LogP contribution in [0.4, 0.5) is 17.2 Å². The van der Waals surface area contributed by atoms with Crippen molar-refractivity contribution >= 4 is 28.1 Å². The molecule has 0 aliphatic carbocycles. The lowest BCUT2D eigenvalue weighted by molar-refractivity contribution is 0.468. The summed E-state index contributed by atoms with van der Waals surface area (Å²) >= 11 is 0. The van der Waals surface area contributed by atoms with E-state index in [2.05, 4.69) is 38.1 Å². The zero-order chi connectivity index (χ0) is 19.1. The Morgan fingerprint density at radius 1 is 1.00 bits per heavy atom. The molecular formula is C22H19N5O. The Kier molecular flexibility index (Phi) is 3.83. The molecule has 0 radical (unpaired) electrons. The number of hydrogen-bond donors (Lipinski definition) is 1. The van der Waals surface area contributed by atoms with Crippen LogP contribution in [0.2, 0.25) is 0 Å². The number of benzene rings is 2. The molecule has 6 heteroatoms. The van der Waals surface area contributed by atoms with Gasteiger partial charge in [-0.25, -0.2) is 9.97 Å². The molecule has 2 aromatic carbocycles. The highest BCUT2D eigenvalue weighted by molar-refractivity contribution is 5.85. The summed E-state index contributed by atoms with van der Waals surface area (Å²) in [4.78, 5) is 15.4. The molecule has 0 atom stereocenters. The SMILES string of the molecule is Cc1ccc2cccc(Oc3ncnc(N4CCc5ccccc54)c3N)c2n1. The number of rotatable bonds is 3. The van der Waals surface area contributed by atoms with Crippen LogP contribution < -0.4 is 15.4 Å². The summed E-state index contributed by atoms with van der Waals surface area (Å²) in [6.45, 7) is 2.78. The predicted octanol–water partition coefficient (Wildman–Crippen LogP) is 4.40. The number of nitrogens with zero attached hydrogens (tertiary/aromatic N) is 4.